The zero-order valence-electron chi connectivity index (χ0n) is 16.9. The van der Waals surface area contributed by atoms with E-state index in [-0.39, 0.29) is 46.2 Å². The standard InChI is InChI=1S/C22H17Cl2N3O5/c1-12-25-18-15(9-14(23)10-16(18)24)19(29)27(12)22(8-7-17(28)26-20(22)30)21(31)32-11-13-5-3-2-4-6-13/h2-6,9-10H,7-8,11H2,1H3,(H,26,28,30)/t22-/m1/s1. The molecule has 1 aliphatic heterocycles. The summed E-state index contributed by atoms with van der Waals surface area (Å²) in [5.41, 5.74) is -1.92. The molecule has 0 bridgehead atoms. The smallest absolute Gasteiger partial charge is 0.342 e. The van der Waals surface area contributed by atoms with Crippen molar-refractivity contribution in [3.8, 4) is 0 Å². The van der Waals surface area contributed by atoms with Gasteiger partial charge in [0.1, 0.15) is 12.4 Å². The van der Waals surface area contributed by atoms with Crippen molar-refractivity contribution >= 4 is 51.9 Å². The third-order valence-corrected chi connectivity index (χ3v) is 5.84. The molecule has 4 rings (SSSR count). The third-order valence-electron chi connectivity index (χ3n) is 5.33. The second-order valence-corrected chi connectivity index (χ2v) is 8.23. The van der Waals surface area contributed by atoms with E-state index in [9.17, 15) is 19.2 Å². The SMILES string of the molecule is Cc1nc2c(Cl)cc(Cl)cc2c(=O)n1[C@]1(C(=O)OCc2ccccc2)CCC(=O)NC1=O. The molecule has 1 saturated heterocycles. The van der Waals surface area contributed by atoms with E-state index in [0.29, 0.717) is 5.56 Å². The highest BCUT2D eigenvalue weighted by Crippen LogP contribution is 2.31. The molecule has 2 aromatic carbocycles. The van der Waals surface area contributed by atoms with Crippen molar-refractivity contribution in [3.63, 3.8) is 0 Å². The van der Waals surface area contributed by atoms with Gasteiger partial charge in [0, 0.05) is 11.4 Å². The summed E-state index contributed by atoms with van der Waals surface area (Å²) in [6.45, 7) is 1.36. The molecular weight excluding hydrogens is 457 g/mol. The van der Waals surface area contributed by atoms with Gasteiger partial charge < -0.3 is 4.74 Å². The number of hydrogen-bond acceptors (Lipinski definition) is 6. The number of ether oxygens (including phenoxy) is 1. The van der Waals surface area contributed by atoms with Gasteiger partial charge in [-0.1, -0.05) is 53.5 Å². The quantitative estimate of drug-likeness (QED) is 0.354. The molecular formula is C22H17Cl2N3O5. The van der Waals surface area contributed by atoms with Gasteiger partial charge in [0.2, 0.25) is 11.4 Å². The molecule has 0 spiro atoms. The molecule has 10 heteroatoms. The van der Waals surface area contributed by atoms with Crippen molar-refractivity contribution in [3.05, 3.63) is 74.3 Å². The van der Waals surface area contributed by atoms with Crippen LogP contribution in [-0.2, 0) is 31.3 Å². The second-order valence-electron chi connectivity index (χ2n) is 7.38. The third kappa shape index (κ3) is 3.65. The van der Waals surface area contributed by atoms with Crippen molar-refractivity contribution in [2.45, 2.75) is 31.9 Å². The van der Waals surface area contributed by atoms with Crippen molar-refractivity contribution in [1.29, 1.82) is 0 Å². The maximum Gasteiger partial charge on any atom is 0.342 e. The summed E-state index contributed by atoms with van der Waals surface area (Å²) in [6.07, 6.45) is -0.417. The van der Waals surface area contributed by atoms with Gasteiger partial charge in [0.15, 0.2) is 0 Å². The molecule has 32 heavy (non-hydrogen) atoms. The molecule has 2 amide bonds. The lowest BCUT2D eigenvalue weighted by atomic mass is 9.87. The first-order valence-electron chi connectivity index (χ1n) is 9.68. The maximum absolute atomic E-state index is 13.5. The number of aromatic nitrogens is 2. The second kappa shape index (κ2) is 8.37. The van der Waals surface area contributed by atoms with Gasteiger partial charge in [-0.25, -0.2) is 9.78 Å². The minimum Gasteiger partial charge on any atom is -0.459 e. The number of nitrogens with zero attached hydrogens (tertiary/aromatic N) is 2. The highest BCUT2D eigenvalue weighted by atomic mass is 35.5. The van der Waals surface area contributed by atoms with Crippen LogP contribution < -0.4 is 10.9 Å². The Kier molecular flexibility index (Phi) is 5.75. The van der Waals surface area contributed by atoms with E-state index in [1.165, 1.54) is 19.1 Å². The van der Waals surface area contributed by atoms with Gasteiger partial charge in [0.05, 0.1) is 15.9 Å². The lowest BCUT2D eigenvalue weighted by Crippen LogP contribution is -2.62. The number of rotatable bonds is 4. The molecule has 1 aliphatic rings. The first-order valence-corrected chi connectivity index (χ1v) is 10.4. The first-order chi connectivity index (χ1) is 15.2. The zero-order chi connectivity index (χ0) is 23.0. The van der Waals surface area contributed by atoms with Crippen molar-refractivity contribution in [1.82, 2.24) is 14.9 Å². The van der Waals surface area contributed by atoms with Gasteiger partial charge >= 0.3 is 5.97 Å². The molecule has 0 aliphatic carbocycles. The van der Waals surface area contributed by atoms with E-state index in [1.807, 2.05) is 6.07 Å². The average Bonchev–Trinajstić information content (AvgIpc) is 2.75. The zero-order valence-corrected chi connectivity index (χ0v) is 18.4. The lowest BCUT2D eigenvalue weighted by molar-refractivity contribution is -0.164. The maximum atomic E-state index is 13.5. The number of piperidine rings is 1. The summed E-state index contributed by atoms with van der Waals surface area (Å²) in [6, 6.07) is 11.7. The fraction of sp³-hybridized carbons (Fsp3) is 0.227. The van der Waals surface area contributed by atoms with Gasteiger partial charge in [0.25, 0.3) is 11.5 Å². The van der Waals surface area contributed by atoms with E-state index in [4.69, 9.17) is 27.9 Å². The summed E-state index contributed by atoms with van der Waals surface area (Å²) in [7, 11) is 0. The number of carbonyl (C=O) groups excluding carboxylic acids is 3. The van der Waals surface area contributed by atoms with Crippen LogP contribution in [0, 0.1) is 6.92 Å². The van der Waals surface area contributed by atoms with Gasteiger partial charge in [-0.15, -0.1) is 0 Å². The fourth-order valence-corrected chi connectivity index (χ4v) is 4.35. The van der Waals surface area contributed by atoms with Crippen molar-refractivity contribution < 1.29 is 19.1 Å². The summed E-state index contributed by atoms with van der Waals surface area (Å²) in [5, 5.41) is 2.54. The summed E-state index contributed by atoms with van der Waals surface area (Å²) < 4.78 is 6.42. The predicted molar refractivity (Wildman–Crippen MR) is 117 cm³/mol. The van der Waals surface area contributed by atoms with Crippen molar-refractivity contribution in [2.75, 3.05) is 0 Å². The highest BCUT2D eigenvalue weighted by molar-refractivity contribution is 6.38. The number of benzene rings is 2. The number of halogens is 2. The predicted octanol–water partition coefficient (Wildman–Crippen LogP) is 2.89. The van der Waals surface area contributed by atoms with Gasteiger partial charge in [-0.2, -0.15) is 0 Å². The summed E-state index contributed by atoms with van der Waals surface area (Å²) in [5.74, 6) is -2.41. The largest absolute Gasteiger partial charge is 0.459 e. The highest BCUT2D eigenvalue weighted by Gasteiger charge is 2.54. The van der Waals surface area contributed by atoms with Crippen LogP contribution in [0.3, 0.4) is 0 Å². The first kappa shape index (κ1) is 22.0. The Labute approximate surface area is 192 Å². The number of fused-ring (bicyclic) bond motifs is 1. The molecule has 0 unspecified atom stereocenters. The monoisotopic (exact) mass is 473 g/mol. The lowest BCUT2D eigenvalue weighted by Gasteiger charge is -2.35. The van der Waals surface area contributed by atoms with Crippen LogP contribution in [0.15, 0.2) is 47.3 Å². The van der Waals surface area contributed by atoms with Crippen LogP contribution >= 0.6 is 23.2 Å². The fourth-order valence-electron chi connectivity index (χ4n) is 3.81. The number of esters is 1. The number of hydrogen-bond donors (Lipinski definition) is 1. The summed E-state index contributed by atoms with van der Waals surface area (Å²) >= 11 is 12.3. The Morgan fingerprint density at radius 3 is 2.59 bits per heavy atom. The molecule has 164 valence electrons. The molecule has 1 atom stereocenters. The Morgan fingerprint density at radius 2 is 1.91 bits per heavy atom. The van der Waals surface area contributed by atoms with Crippen LogP contribution in [0.1, 0.15) is 24.2 Å². The molecule has 0 radical (unpaired) electrons. The van der Waals surface area contributed by atoms with E-state index >= 15 is 0 Å². The van der Waals surface area contributed by atoms with E-state index < -0.39 is 28.9 Å². The average molecular weight is 474 g/mol. The van der Waals surface area contributed by atoms with Crippen LogP contribution in [0.2, 0.25) is 10.0 Å². The molecule has 0 saturated carbocycles. The Morgan fingerprint density at radius 1 is 1.19 bits per heavy atom. The van der Waals surface area contributed by atoms with Crippen molar-refractivity contribution in [2.24, 2.45) is 0 Å². The number of aryl methyl sites for hydroxylation is 1. The molecule has 1 N–H and O–H groups in total. The van der Waals surface area contributed by atoms with E-state index in [1.54, 1.807) is 24.3 Å². The van der Waals surface area contributed by atoms with Crippen LogP contribution in [0.4, 0.5) is 0 Å². The summed E-state index contributed by atoms with van der Waals surface area (Å²) in [4.78, 5) is 56.1. The number of imide groups is 1. The van der Waals surface area contributed by atoms with E-state index in [0.717, 1.165) is 4.57 Å². The van der Waals surface area contributed by atoms with Crippen LogP contribution in [-0.4, -0.2) is 27.3 Å². The normalized spacial score (nSPS) is 18.5. The molecule has 8 nitrogen and oxygen atoms in total. The van der Waals surface area contributed by atoms with Gasteiger partial charge in [-0.3, -0.25) is 24.3 Å². The molecule has 3 aromatic rings. The Hall–Kier alpha value is -3.23. The van der Waals surface area contributed by atoms with Crippen LogP contribution in [0.25, 0.3) is 10.9 Å². The minimum absolute atomic E-state index is 0.0352. The number of amides is 2. The topological polar surface area (TPSA) is 107 Å². The number of nitrogens with one attached hydrogen (secondary N) is 1. The Bertz CT molecular complexity index is 1320. The van der Waals surface area contributed by atoms with E-state index in [2.05, 4.69) is 10.3 Å². The number of carbonyl (C=O) groups is 3. The van der Waals surface area contributed by atoms with Crippen LogP contribution in [0.5, 0.6) is 0 Å². The minimum atomic E-state index is -2.11. The molecule has 2 heterocycles. The molecule has 1 aromatic heterocycles. The molecule has 1 fully saturated rings. The van der Waals surface area contributed by atoms with Gasteiger partial charge in [-0.05, 0) is 31.0 Å². The Balaban J connectivity index is 1.89.